The molecule has 1 aliphatic rings. The Hall–Kier alpha value is -3.11. The molecule has 0 aromatic heterocycles. The topological polar surface area (TPSA) is 115 Å². The number of hydrogen-bond donors (Lipinski definition) is 3. The molecule has 220 valence electrons. The number of ether oxygens (including phenoxy) is 2. The predicted molar refractivity (Wildman–Crippen MR) is 164 cm³/mol. The fourth-order valence-corrected chi connectivity index (χ4v) is 4.91. The van der Waals surface area contributed by atoms with Crippen LogP contribution in [-0.2, 0) is 23.2 Å². The molecule has 3 N–H and O–H groups in total. The molecule has 0 saturated carbocycles. The number of anilines is 1. The number of amides is 1. The van der Waals surface area contributed by atoms with Crippen LogP contribution in [0.1, 0.15) is 67.2 Å². The number of fused-ring (bicyclic) bond motifs is 1. The lowest BCUT2D eigenvalue weighted by Crippen LogP contribution is -2.31. The molecule has 0 unspecified atom stereocenters. The highest BCUT2D eigenvalue weighted by molar-refractivity contribution is 8.93. The predicted octanol–water partition coefficient (Wildman–Crippen LogP) is 4.10. The molecule has 1 aliphatic heterocycles. The summed E-state index contributed by atoms with van der Waals surface area (Å²) in [7, 11) is 3.21. The van der Waals surface area contributed by atoms with Crippen LogP contribution in [0.15, 0.2) is 24.3 Å². The molecule has 0 aliphatic carbocycles. The number of carbonyl (C=O) groups excluding carboxylic acids is 2. The van der Waals surface area contributed by atoms with Crippen molar-refractivity contribution in [1.82, 2.24) is 10.2 Å². The minimum absolute atomic E-state index is 0. The zero-order valence-electron chi connectivity index (χ0n) is 24.6. The second-order valence-electron chi connectivity index (χ2n) is 10.7. The Kier molecular flexibility index (Phi) is 11.6. The first-order valence-corrected chi connectivity index (χ1v) is 13.4. The number of carbonyl (C=O) groups is 2. The maximum Gasteiger partial charge on any atom is 0.224 e. The maximum atomic E-state index is 13.7. The first-order valence-electron chi connectivity index (χ1n) is 13.4. The summed E-state index contributed by atoms with van der Waals surface area (Å²) >= 11 is 0. The first-order chi connectivity index (χ1) is 18.5. The monoisotopic (exact) mass is 618 g/mol. The second-order valence-corrected chi connectivity index (χ2v) is 10.7. The van der Waals surface area contributed by atoms with Gasteiger partial charge in [-0.1, -0.05) is 20.8 Å². The maximum absolute atomic E-state index is 13.7. The molecule has 1 heterocycles. The summed E-state index contributed by atoms with van der Waals surface area (Å²) in [6.07, 6.45) is 0.150. The van der Waals surface area contributed by atoms with Gasteiger partial charge in [0.2, 0.25) is 5.91 Å². The van der Waals surface area contributed by atoms with Crippen LogP contribution in [-0.4, -0.2) is 74.5 Å². The Morgan fingerprint density at radius 1 is 1.18 bits per heavy atom. The number of benzene rings is 2. The molecule has 0 bridgehead atoms. The van der Waals surface area contributed by atoms with Gasteiger partial charge < -0.3 is 29.7 Å². The summed E-state index contributed by atoms with van der Waals surface area (Å²) in [6, 6.07) is 7.43. The van der Waals surface area contributed by atoms with Crippen molar-refractivity contribution in [2.75, 3.05) is 51.9 Å². The van der Waals surface area contributed by atoms with Crippen LogP contribution in [0, 0.1) is 5.41 Å². The lowest BCUT2D eigenvalue weighted by molar-refractivity contribution is -0.119. The third-order valence-corrected chi connectivity index (χ3v) is 6.98. The lowest BCUT2D eigenvalue weighted by Gasteiger charge is -2.30. The zero-order valence-corrected chi connectivity index (χ0v) is 26.4. The van der Waals surface area contributed by atoms with E-state index in [4.69, 9.17) is 14.9 Å². The number of nitrogens with one attached hydrogen (secondary N) is 2. The zero-order chi connectivity index (χ0) is 28.9. The van der Waals surface area contributed by atoms with Crippen LogP contribution in [0.5, 0.6) is 11.5 Å². The van der Waals surface area contributed by atoms with Gasteiger partial charge in [-0.2, -0.15) is 0 Å². The highest BCUT2D eigenvalue weighted by atomic mass is 79.9. The van der Waals surface area contributed by atoms with E-state index in [0.29, 0.717) is 54.4 Å². The lowest BCUT2D eigenvalue weighted by atomic mass is 9.84. The van der Waals surface area contributed by atoms with E-state index in [-0.39, 0.29) is 59.5 Å². The fourth-order valence-electron chi connectivity index (χ4n) is 4.91. The molecule has 0 fully saturated rings. The average Bonchev–Trinajstić information content (AvgIpc) is 3.19. The van der Waals surface area contributed by atoms with Gasteiger partial charge in [0.1, 0.15) is 17.3 Å². The minimum atomic E-state index is -0.289. The van der Waals surface area contributed by atoms with E-state index in [1.165, 1.54) is 0 Å². The molecule has 1 amide bonds. The first kappa shape index (κ1) is 33.1. The summed E-state index contributed by atoms with van der Waals surface area (Å²) in [4.78, 5) is 29.5. The van der Waals surface area contributed by atoms with Gasteiger partial charge >= 0.3 is 0 Å². The largest absolute Gasteiger partial charge is 0.494 e. The van der Waals surface area contributed by atoms with Gasteiger partial charge in [-0.25, -0.2) is 0 Å². The van der Waals surface area contributed by atoms with E-state index in [9.17, 15) is 14.7 Å². The molecule has 2 aromatic carbocycles. The van der Waals surface area contributed by atoms with E-state index < -0.39 is 0 Å². The summed E-state index contributed by atoms with van der Waals surface area (Å²) in [5.41, 5.74) is 4.23. The Bertz CT molecular complexity index is 1240. The van der Waals surface area contributed by atoms with Gasteiger partial charge in [-0.05, 0) is 49.1 Å². The highest BCUT2D eigenvalue weighted by Crippen LogP contribution is 2.40. The standard InChI is InChI=1S/C30H42N4O5.BrH/c1-8-33(10-11-35)24-14-19(13-23(28(24)38-7)30(3,4)5)25(36)18-34-17-21-15-26(39-9-2)20(16-27(37)32-6)12-22(21)29(34)31;/h12-15,31,35H,8-11,16-18H2,1-7H3,(H,32,37);1H. The number of likely N-dealkylation sites (N-methyl/N-ethyl adjacent to an activating group) is 2. The van der Waals surface area contributed by atoms with Crippen molar-refractivity contribution in [3.8, 4) is 11.5 Å². The SMILES string of the molecule is Br.CCOc1cc2c(cc1CC(=O)NC)C(=N)N(CC(=O)c1cc(N(CC)CCO)c(OC)c(C(C)(C)C)c1)C2. The molecule has 2 aromatic rings. The minimum Gasteiger partial charge on any atom is -0.494 e. The van der Waals surface area contributed by atoms with E-state index in [2.05, 4.69) is 26.1 Å². The number of amidine groups is 1. The summed E-state index contributed by atoms with van der Waals surface area (Å²) in [5, 5.41) is 21.1. The molecule has 40 heavy (non-hydrogen) atoms. The molecular weight excluding hydrogens is 576 g/mol. The number of rotatable bonds is 12. The van der Waals surface area contributed by atoms with Crippen molar-refractivity contribution in [3.05, 3.63) is 52.1 Å². The normalized spacial score (nSPS) is 12.5. The van der Waals surface area contributed by atoms with E-state index in [1.807, 2.05) is 43.0 Å². The second kappa shape index (κ2) is 14.0. The number of hydrogen-bond acceptors (Lipinski definition) is 7. The van der Waals surface area contributed by atoms with Crippen molar-refractivity contribution in [2.24, 2.45) is 0 Å². The highest BCUT2D eigenvalue weighted by Gasteiger charge is 2.30. The van der Waals surface area contributed by atoms with Gasteiger partial charge in [0.25, 0.3) is 0 Å². The molecule has 0 saturated heterocycles. The molecule has 3 rings (SSSR count). The van der Waals surface area contributed by atoms with Crippen LogP contribution in [0.25, 0.3) is 0 Å². The summed E-state index contributed by atoms with van der Waals surface area (Å²) in [5.74, 6) is 1.32. The Morgan fingerprint density at radius 3 is 2.42 bits per heavy atom. The van der Waals surface area contributed by atoms with E-state index >= 15 is 0 Å². The van der Waals surface area contributed by atoms with Crippen molar-refractivity contribution >= 4 is 40.2 Å². The number of methoxy groups -OCH3 is 1. The van der Waals surface area contributed by atoms with Crippen LogP contribution >= 0.6 is 17.0 Å². The Morgan fingerprint density at radius 2 is 1.88 bits per heavy atom. The van der Waals surface area contributed by atoms with Gasteiger partial charge in [-0.3, -0.25) is 15.0 Å². The number of ketones is 1. The molecular formula is C30H43BrN4O5. The number of nitrogens with zero attached hydrogens (tertiary/aromatic N) is 2. The van der Waals surface area contributed by atoms with Crippen LogP contribution in [0.3, 0.4) is 0 Å². The van der Waals surface area contributed by atoms with Crippen LogP contribution in [0.4, 0.5) is 5.69 Å². The average molecular weight is 620 g/mol. The number of aliphatic hydroxyl groups excluding tert-OH is 1. The Balaban J connectivity index is 0.00000560. The number of aliphatic hydroxyl groups is 1. The van der Waals surface area contributed by atoms with Gasteiger partial charge in [0.15, 0.2) is 5.78 Å². The molecule has 10 heteroatoms. The van der Waals surface area contributed by atoms with Gasteiger partial charge in [0.05, 0.1) is 39.0 Å². The summed E-state index contributed by atoms with van der Waals surface area (Å²) in [6.45, 7) is 12.0. The van der Waals surface area contributed by atoms with Crippen LogP contribution in [0.2, 0.25) is 0 Å². The fraction of sp³-hybridized carbons (Fsp3) is 0.500. The quantitative estimate of drug-likeness (QED) is 0.307. The van der Waals surface area contributed by atoms with Gasteiger partial charge in [0, 0.05) is 48.9 Å². The number of Topliss-reactive ketones (excluding diaryl/α,β-unsaturated/α-hetero) is 1. The van der Waals surface area contributed by atoms with Crippen molar-refractivity contribution in [1.29, 1.82) is 5.41 Å². The molecule has 9 nitrogen and oxygen atoms in total. The van der Waals surface area contributed by atoms with E-state index in [0.717, 1.165) is 16.8 Å². The van der Waals surface area contributed by atoms with Crippen molar-refractivity contribution < 1.29 is 24.2 Å². The number of halogens is 1. The third-order valence-electron chi connectivity index (χ3n) is 6.98. The van der Waals surface area contributed by atoms with E-state index in [1.54, 1.807) is 19.1 Å². The smallest absolute Gasteiger partial charge is 0.224 e. The third kappa shape index (κ3) is 7.14. The van der Waals surface area contributed by atoms with Crippen molar-refractivity contribution in [2.45, 2.75) is 53.0 Å². The van der Waals surface area contributed by atoms with Gasteiger partial charge in [-0.15, -0.1) is 17.0 Å². The molecule has 0 spiro atoms. The van der Waals surface area contributed by atoms with Crippen molar-refractivity contribution in [3.63, 3.8) is 0 Å². The Labute approximate surface area is 248 Å². The molecule has 0 atom stereocenters. The van der Waals surface area contributed by atoms with Crippen LogP contribution < -0.4 is 19.7 Å². The molecule has 0 radical (unpaired) electrons. The summed E-state index contributed by atoms with van der Waals surface area (Å²) < 4.78 is 11.6.